The van der Waals surface area contributed by atoms with Crippen molar-refractivity contribution >= 4 is 36.8 Å². The largest absolute Gasteiger partial charge is 0.490 e. The number of nitrogens with one attached hydrogen (secondary N) is 2. The van der Waals surface area contributed by atoms with E-state index in [-0.39, 0.29) is 36.6 Å². The molecule has 10 heteroatoms. The smallest absolute Gasteiger partial charge is 0.307 e. The predicted octanol–water partition coefficient (Wildman–Crippen LogP) is 3.69. The molecule has 0 aliphatic carbocycles. The fraction of sp³-hybridized carbons (Fsp3) is 0.500. The number of carboxylic acid groups (broad SMARTS) is 2. The van der Waals surface area contributed by atoms with Crippen molar-refractivity contribution in [3.05, 3.63) is 59.7 Å². The molecule has 4 rings (SSSR count). The van der Waals surface area contributed by atoms with E-state index >= 15 is 0 Å². The standard InChI is InChI=1S/C28H36N2O6.2ClH/c31-27(32)25(21-7-9-29-17-21)15-19-3-1-5-23(13-19)35-11-12-36-24-6-2-4-20(14-24)16-26(28(33)34)22-8-10-30-18-22;;/h1-6,13-14,21-22,25-26,29-30H,7-12,15-18H2,(H,31,32)(H,33,34);2*1H/t21-,22-,25-,26-;;/m0../s1. The Morgan fingerprint density at radius 3 is 1.53 bits per heavy atom. The first-order chi connectivity index (χ1) is 17.5. The zero-order valence-corrected chi connectivity index (χ0v) is 23.0. The van der Waals surface area contributed by atoms with Gasteiger partial charge in [-0.15, -0.1) is 24.8 Å². The van der Waals surface area contributed by atoms with Crippen LogP contribution in [0.25, 0.3) is 0 Å². The number of halogens is 2. The Morgan fingerprint density at radius 2 is 1.18 bits per heavy atom. The molecular weight excluding hydrogens is 531 g/mol. The van der Waals surface area contributed by atoms with Gasteiger partial charge in [-0.1, -0.05) is 24.3 Å². The molecule has 2 aromatic rings. The zero-order chi connectivity index (χ0) is 25.3. The average Bonchev–Trinajstić information content (AvgIpc) is 3.59. The van der Waals surface area contributed by atoms with E-state index in [1.165, 1.54) is 0 Å². The maximum atomic E-state index is 11.8. The van der Waals surface area contributed by atoms with Crippen LogP contribution in [0.2, 0.25) is 0 Å². The summed E-state index contributed by atoms with van der Waals surface area (Å²) >= 11 is 0. The lowest BCUT2D eigenvalue weighted by Crippen LogP contribution is -2.27. The van der Waals surface area contributed by atoms with Gasteiger partial charge in [0.05, 0.1) is 11.8 Å². The lowest BCUT2D eigenvalue weighted by molar-refractivity contribution is -0.144. The minimum atomic E-state index is -0.750. The van der Waals surface area contributed by atoms with Gasteiger partial charge in [-0.3, -0.25) is 9.59 Å². The van der Waals surface area contributed by atoms with Gasteiger partial charge in [0.15, 0.2) is 0 Å². The maximum Gasteiger partial charge on any atom is 0.307 e. The number of carboxylic acids is 2. The molecule has 210 valence electrons. The quantitative estimate of drug-likeness (QED) is 0.270. The number of hydrogen-bond donors (Lipinski definition) is 4. The summed E-state index contributed by atoms with van der Waals surface area (Å²) in [7, 11) is 0. The minimum Gasteiger partial charge on any atom is -0.490 e. The van der Waals surface area contributed by atoms with E-state index in [0.29, 0.717) is 37.6 Å². The lowest BCUT2D eigenvalue weighted by Gasteiger charge is -2.19. The monoisotopic (exact) mass is 568 g/mol. The van der Waals surface area contributed by atoms with E-state index in [0.717, 1.165) is 50.1 Å². The van der Waals surface area contributed by atoms with E-state index in [4.69, 9.17) is 9.47 Å². The van der Waals surface area contributed by atoms with E-state index in [9.17, 15) is 19.8 Å². The molecular formula is C28H38Cl2N2O6. The van der Waals surface area contributed by atoms with Gasteiger partial charge in [0.2, 0.25) is 0 Å². The summed E-state index contributed by atoms with van der Waals surface area (Å²) in [5, 5.41) is 25.9. The molecule has 2 aliphatic rings. The second kappa shape index (κ2) is 15.8. The Morgan fingerprint density at radius 1 is 0.763 bits per heavy atom. The lowest BCUT2D eigenvalue weighted by atomic mass is 9.86. The maximum absolute atomic E-state index is 11.8. The number of aliphatic carboxylic acids is 2. The zero-order valence-electron chi connectivity index (χ0n) is 21.3. The highest BCUT2D eigenvalue weighted by Gasteiger charge is 2.31. The van der Waals surface area contributed by atoms with Crippen LogP contribution in [0, 0.1) is 23.7 Å². The average molecular weight is 570 g/mol. The Labute approximate surface area is 236 Å². The summed E-state index contributed by atoms with van der Waals surface area (Å²) in [5.41, 5.74) is 1.90. The van der Waals surface area contributed by atoms with E-state index < -0.39 is 23.8 Å². The molecule has 0 aromatic heterocycles. The molecule has 0 bridgehead atoms. The van der Waals surface area contributed by atoms with Gasteiger partial charge in [-0.2, -0.15) is 0 Å². The number of hydrogen-bond acceptors (Lipinski definition) is 6. The Kier molecular flexibility index (Phi) is 13.2. The molecule has 0 spiro atoms. The molecule has 2 aliphatic heterocycles. The van der Waals surface area contributed by atoms with Crippen LogP contribution in [0.15, 0.2) is 48.5 Å². The molecule has 0 unspecified atom stereocenters. The van der Waals surface area contributed by atoms with Crippen LogP contribution in [0.3, 0.4) is 0 Å². The fourth-order valence-electron chi connectivity index (χ4n) is 5.30. The Balaban J connectivity index is 0.00000253. The third-order valence-electron chi connectivity index (χ3n) is 7.30. The van der Waals surface area contributed by atoms with Gasteiger partial charge in [0.25, 0.3) is 0 Å². The summed E-state index contributed by atoms with van der Waals surface area (Å²) in [4.78, 5) is 23.6. The fourth-order valence-corrected chi connectivity index (χ4v) is 5.30. The first kappa shape index (κ1) is 31.7. The molecule has 2 aromatic carbocycles. The number of rotatable bonds is 13. The van der Waals surface area contributed by atoms with Crippen LogP contribution in [0.1, 0.15) is 24.0 Å². The third kappa shape index (κ3) is 9.05. The Bertz CT molecular complexity index is 946. The van der Waals surface area contributed by atoms with Crippen molar-refractivity contribution in [2.24, 2.45) is 23.7 Å². The Hall–Kier alpha value is -2.52. The van der Waals surface area contributed by atoms with E-state index in [2.05, 4.69) is 10.6 Å². The van der Waals surface area contributed by atoms with Crippen molar-refractivity contribution in [1.29, 1.82) is 0 Å². The molecule has 2 heterocycles. The van der Waals surface area contributed by atoms with Crippen LogP contribution in [0.4, 0.5) is 0 Å². The van der Waals surface area contributed by atoms with Crippen molar-refractivity contribution in [2.45, 2.75) is 25.7 Å². The molecule has 4 atom stereocenters. The summed E-state index contributed by atoms with van der Waals surface area (Å²) in [6.45, 7) is 3.93. The highest BCUT2D eigenvalue weighted by molar-refractivity contribution is 5.85. The molecule has 2 fully saturated rings. The molecule has 2 saturated heterocycles. The van der Waals surface area contributed by atoms with Gasteiger partial charge in [-0.05, 0) is 99.1 Å². The third-order valence-corrected chi connectivity index (χ3v) is 7.30. The normalized spacial score (nSPS) is 20.0. The summed E-state index contributed by atoms with van der Waals surface area (Å²) < 4.78 is 11.7. The molecule has 0 saturated carbocycles. The van der Waals surface area contributed by atoms with Crippen LogP contribution >= 0.6 is 24.8 Å². The second-order valence-corrected chi connectivity index (χ2v) is 9.80. The first-order valence-corrected chi connectivity index (χ1v) is 12.8. The topological polar surface area (TPSA) is 117 Å². The molecule has 8 nitrogen and oxygen atoms in total. The van der Waals surface area contributed by atoms with Gasteiger partial charge < -0.3 is 30.3 Å². The highest BCUT2D eigenvalue weighted by Crippen LogP contribution is 2.26. The molecule has 38 heavy (non-hydrogen) atoms. The summed E-state index contributed by atoms with van der Waals surface area (Å²) in [6.07, 6.45) is 2.74. The van der Waals surface area contributed by atoms with Crippen molar-refractivity contribution in [3.8, 4) is 11.5 Å². The summed E-state index contributed by atoms with van der Waals surface area (Å²) in [6, 6.07) is 15.2. The number of ether oxygens (including phenoxy) is 2. The number of benzene rings is 2. The van der Waals surface area contributed by atoms with Gasteiger partial charge >= 0.3 is 11.9 Å². The first-order valence-electron chi connectivity index (χ1n) is 12.8. The van der Waals surface area contributed by atoms with Crippen molar-refractivity contribution in [2.75, 3.05) is 39.4 Å². The second-order valence-electron chi connectivity index (χ2n) is 9.80. The molecule has 0 amide bonds. The van der Waals surface area contributed by atoms with Gasteiger partial charge in [-0.25, -0.2) is 0 Å². The van der Waals surface area contributed by atoms with E-state index in [1.54, 1.807) is 0 Å². The number of carbonyl (C=O) groups is 2. The van der Waals surface area contributed by atoms with Crippen LogP contribution in [0.5, 0.6) is 11.5 Å². The SMILES string of the molecule is Cl.Cl.O=C(O)[C@@H](Cc1cccc(OCCOc2cccc(C[C@H](C(=O)O)[C@H]3CCNC3)c2)c1)[C@H]1CCNC1. The predicted molar refractivity (Wildman–Crippen MR) is 150 cm³/mol. The van der Waals surface area contributed by atoms with Crippen LogP contribution in [-0.4, -0.2) is 61.5 Å². The van der Waals surface area contributed by atoms with Crippen molar-refractivity contribution in [1.82, 2.24) is 10.6 Å². The minimum absolute atomic E-state index is 0. The molecule has 4 N–H and O–H groups in total. The van der Waals surface area contributed by atoms with Crippen LogP contribution in [-0.2, 0) is 22.4 Å². The van der Waals surface area contributed by atoms with Crippen LogP contribution < -0.4 is 20.1 Å². The molecule has 0 radical (unpaired) electrons. The van der Waals surface area contributed by atoms with Crippen molar-refractivity contribution < 1.29 is 29.3 Å². The van der Waals surface area contributed by atoms with Crippen molar-refractivity contribution in [3.63, 3.8) is 0 Å². The van der Waals surface area contributed by atoms with Gasteiger partial charge in [0.1, 0.15) is 24.7 Å². The highest BCUT2D eigenvalue weighted by atomic mass is 35.5. The van der Waals surface area contributed by atoms with Gasteiger partial charge in [0, 0.05) is 0 Å². The van der Waals surface area contributed by atoms with E-state index in [1.807, 2.05) is 48.5 Å². The summed E-state index contributed by atoms with van der Waals surface area (Å²) in [5.74, 6) is -0.636.